The third-order valence-corrected chi connectivity index (χ3v) is 2.61. The Bertz CT molecular complexity index is 247. The van der Waals surface area contributed by atoms with Gasteiger partial charge in [0.2, 0.25) is 0 Å². The van der Waals surface area contributed by atoms with E-state index in [1.54, 1.807) is 0 Å². The third-order valence-electron chi connectivity index (χ3n) is 2.08. The van der Waals surface area contributed by atoms with Crippen LogP contribution in [-0.4, -0.2) is 0 Å². The van der Waals surface area contributed by atoms with Gasteiger partial charge in [0.15, 0.2) is 0 Å². The molecule has 0 aliphatic carbocycles. The Morgan fingerprint density at radius 1 is 1.00 bits per heavy atom. The van der Waals surface area contributed by atoms with Crippen molar-refractivity contribution in [3.63, 3.8) is 0 Å². The molecule has 0 N–H and O–H groups in total. The molecular formula is C14H23Br. The number of halogens is 1. The highest BCUT2D eigenvalue weighted by molar-refractivity contribution is 9.09. The molecule has 0 aromatic heterocycles. The van der Waals surface area contributed by atoms with Crippen molar-refractivity contribution in [1.82, 2.24) is 0 Å². The molecule has 1 heteroatoms. The standard InChI is InChI=1S/C12H17Br.C2H6/c1-9(2)8-11-4-6-12(7-5-11)10(3)13;1-2/h4-7,9-10H,8H2,1-3H3;1-2H3. The molecule has 1 aromatic carbocycles. The van der Waals surface area contributed by atoms with E-state index in [-0.39, 0.29) is 0 Å². The molecule has 15 heavy (non-hydrogen) atoms. The summed E-state index contributed by atoms with van der Waals surface area (Å²) in [4.78, 5) is 0.459. The summed E-state index contributed by atoms with van der Waals surface area (Å²) in [5.41, 5.74) is 2.79. The summed E-state index contributed by atoms with van der Waals surface area (Å²) in [5.74, 6) is 0.743. The summed E-state index contributed by atoms with van der Waals surface area (Å²) in [6.45, 7) is 10.7. The second-order valence-electron chi connectivity index (χ2n) is 3.96. The second-order valence-corrected chi connectivity index (χ2v) is 5.33. The number of rotatable bonds is 3. The minimum absolute atomic E-state index is 0.459. The second kappa shape index (κ2) is 7.92. The van der Waals surface area contributed by atoms with Crippen molar-refractivity contribution >= 4 is 15.9 Å². The van der Waals surface area contributed by atoms with E-state index in [2.05, 4.69) is 61.0 Å². The van der Waals surface area contributed by atoms with Gasteiger partial charge in [-0.25, -0.2) is 0 Å². The lowest BCUT2D eigenvalue weighted by atomic mass is 10.0. The average Bonchev–Trinajstić information content (AvgIpc) is 2.20. The zero-order valence-corrected chi connectivity index (χ0v) is 12.1. The van der Waals surface area contributed by atoms with Crippen LogP contribution in [0.4, 0.5) is 0 Å². The number of hydrogen-bond donors (Lipinski definition) is 0. The molecule has 1 rings (SSSR count). The fourth-order valence-electron chi connectivity index (χ4n) is 1.39. The molecule has 0 amide bonds. The van der Waals surface area contributed by atoms with E-state index in [1.165, 1.54) is 17.5 Å². The first-order valence-corrected chi connectivity index (χ1v) is 6.74. The van der Waals surface area contributed by atoms with Gasteiger partial charge < -0.3 is 0 Å². The number of benzene rings is 1. The summed E-state index contributed by atoms with van der Waals surface area (Å²) in [6.07, 6.45) is 1.18. The maximum atomic E-state index is 3.56. The summed E-state index contributed by atoms with van der Waals surface area (Å²) in [5, 5.41) is 0. The predicted octanol–water partition coefficient (Wildman–Crippen LogP) is 5.37. The van der Waals surface area contributed by atoms with Gasteiger partial charge >= 0.3 is 0 Å². The molecule has 0 saturated heterocycles. The van der Waals surface area contributed by atoms with Crippen LogP contribution < -0.4 is 0 Å². The van der Waals surface area contributed by atoms with E-state index in [9.17, 15) is 0 Å². The van der Waals surface area contributed by atoms with Gasteiger partial charge in [0.25, 0.3) is 0 Å². The number of alkyl halides is 1. The zero-order valence-electron chi connectivity index (χ0n) is 10.5. The molecule has 86 valence electrons. The quantitative estimate of drug-likeness (QED) is 0.648. The van der Waals surface area contributed by atoms with Gasteiger partial charge in [-0.05, 0) is 30.4 Å². The molecule has 0 fully saturated rings. The maximum absolute atomic E-state index is 3.56. The summed E-state index contributed by atoms with van der Waals surface area (Å²) >= 11 is 3.56. The average molecular weight is 271 g/mol. The minimum atomic E-state index is 0.459. The third kappa shape index (κ3) is 5.99. The van der Waals surface area contributed by atoms with Crippen molar-refractivity contribution in [2.75, 3.05) is 0 Å². The molecule has 0 aliphatic rings. The highest BCUT2D eigenvalue weighted by Gasteiger charge is 2.01. The van der Waals surface area contributed by atoms with Gasteiger partial charge in [-0.2, -0.15) is 0 Å². The normalized spacial score (nSPS) is 11.9. The predicted molar refractivity (Wildman–Crippen MR) is 73.7 cm³/mol. The molecule has 0 radical (unpaired) electrons. The Hall–Kier alpha value is -0.300. The molecule has 1 aromatic rings. The van der Waals surface area contributed by atoms with Crippen LogP contribution in [-0.2, 0) is 6.42 Å². The first-order valence-electron chi connectivity index (χ1n) is 5.82. The summed E-state index contributed by atoms with van der Waals surface area (Å²) < 4.78 is 0. The lowest BCUT2D eigenvalue weighted by Gasteiger charge is -2.07. The molecule has 1 atom stereocenters. The highest BCUT2D eigenvalue weighted by Crippen LogP contribution is 2.22. The van der Waals surface area contributed by atoms with E-state index in [4.69, 9.17) is 0 Å². The van der Waals surface area contributed by atoms with Gasteiger partial charge in [-0.1, -0.05) is 67.9 Å². The van der Waals surface area contributed by atoms with Crippen LogP contribution in [0, 0.1) is 5.92 Å². The monoisotopic (exact) mass is 270 g/mol. The maximum Gasteiger partial charge on any atom is 0.0367 e. The lowest BCUT2D eigenvalue weighted by molar-refractivity contribution is 0.647. The van der Waals surface area contributed by atoms with Crippen molar-refractivity contribution < 1.29 is 0 Å². The van der Waals surface area contributed by atoms with E-state index < -0.39 is 0 Å². The summed E-state index contributed by atoms with van der Waals surface area (Å²) in [7, 11) is 0. The van der Waals surface area contributed by atoms with Gasteiger partial charge in [0.05, 0.1) is 0 Å². The fraction of sp³-hybridized carbons (Fsp3) is 0.571. The van der Waals surface area contributed by atoms with Crippen LogP contribution in [0.2, 0.25) is 0 Å². The first kappa shape index (κ1) is 14.7. The molecule has 0 saturated carbocycles. The van der Waals surface area contributed by atoms with Crippen LogP contribution >= 0.6 is 15.9 Å². The van der Waals surface area contributed by atoms with Crippen LogP contribution in [0.5, 0.6) is 0 Å². The SMILES string of the molecule is CC.CC(C)Cc1ccc(C(C)Br)cc1. The van der Waals surface area contributed by atoms with Crippen LogP contribution in [0.3, 0.4) is 0 Å². The molecule has 0 heterocycles. The van der Waals surface area contributed by atoms with Crippen molar-refractivity contribution in [3.8, 4) is 0 Å². The topological polar surface area (TPSA) is 0 Å². The van der Waals surface area contributed by atoms with Gasteiger partial charge in [-0.3, -0.25) is 0 Å². The molecule has 0 nitrogen and oxygen atoms in total. The van der Waals surface area contributed by atoms with E-state index >= 15 is 0 Å². The van der Waals surface area contributed by atoms with E-state index in [0.29, 0.717) is 4.83 Å². The molecule has 1 unspecified atom stereocenters. The highest BCUT2D eigenvalue weighted by atomic mass is 79.9. The van der Waals surface area contributed by atoms with Crippen molar-refractivity contribution in [2.24, 2.45) is 5.92 Å². The van der Waals surface area contributed by atoms with E-state index in [0.717, 1.165) is 5.92 Å². The van der Waals surface area contributed by atoms with Crippen LogP contribution in [0.25, 0.3) is 0 Å². The van der Waals surface area contributed by atoms with Crippen LogP contribution in [0.15, 0.2) is 24.3 Å². The Morgan fingerprint density at radius 3 is 1.80 bits per heavy atom. The van der Waals surface area contributed by atoms with Crippen LogP contribution in [0.1, 0.15) is 50.6 Å². The Labute approximate surface area is 103 Å². The van der Waals surface area contributed by atoms with Crippen molar-refractivity contribution in [3.05, 3.63) is 35.4 Å². The zero-order chi connectivity index (χ0) is 11.8. The summed E-state index contributed by atoms with van der Waals surface area (Å²) in [6, 6.07) is 8.87. The first-order chi connectivity index (χ1) is 7.09. The fourth-order valence-corrected chi connectivity index (χ4v) is 1.70. The van der Waals surface area contributed by atoms with E-state index in [1.807, 2.05) is 13.8 Å². The lowest BCUT2D eigenvalue weighted by Crippen LogP contribution is -1.94. The molecular weight excluding hydrogens is 248 g/mol. The van der Waals surface area contributed by atoms with Gasteiger partial charge in [0, 0.05) is 4.83 Å². The molecule has 0 aliphatic heterocycles. The molecule has 0 bridgehead atoms. The Kier molecular flexibility index (Phi) is 7.76. The minimum Gasteiger partial charge on any atom is -0.0842 e. The van der Waals surface area contributed by atoms with Crippen molar-refractivity contribution in [1.29, 1.82) is 0 Å². The van der Waals surface area contributed by atoms with Gasteiger partial charge in [-0.15, -0.1) is 0 Å². The van der Waals surface area contributed by atoms with Crippen molar-refractivity contribution in [2.45, 2.75) is 45.9 Å². The number of hydrogen-bond acceptors (Lipinski definition) is 0. The largest absolute Gasteiger partial charge is 0.0842 e. The Balaban J connectivity index is 0.000000921. The molecule has 0 spiro atoms. The smallest absolute Gasteiger partial charge is 0.0367 e. The Morgan fingerprint density at radius 2 is 1.47 bits per heavy atom. The van der Waals surface area contributed by atoms with Gasteiger partial charge in [0.1, 0.15) is 0 Å².